The molecule has 21 heavy (non-hydrogen) atoms. The standard InChI is InChI=1S/C16H24N2O3/c1-6-11(2)14(19)17-12-7-9-13(10-8-12)18-15(20)21-16(3,4)5/h7-11H,6H2,1-5H3,(H,17,19)(H,18,20). The topological polar surface area (TPSA) is 67.4 Å². The minimum Gasteiger partial charge on any atom is -0.444 e. The lowest BCUT2D eigenvalue weighted by molar-refractivity contribution is -0.119. The minimum atomic E-state index is -0.533. The van der Waals surface area contributed by atoms with Crippen molar-refractivity contribution in [3.63, 3.8) is 0 Å². The highest BCUT2D eigenvalue weighted by Gasteiger charge is 2.16. The maximum absolute atomic E-state index is 11.8. The summed E-state index contributed by atoms with van der Waals surface area (Å²) in [6.45, 7) is 9.27. The van der Waals surface area contributed by atoms with Crippen LogP contribution in [0.15, 0.2) is 24.3 Å². The van der Waals surface area contributed by atoms with Crippen molar-refractivity contribution >= 4 is 23.4 Å². The third-order valence-electron chi connectivity index (χ3n) is 2.86. The van der Waals surface area contributed by atoms with E-state index in [1.807, 2.05) is 13.8 Å². The summed E-state index contributed by atoms with van der Waals surface area (Å²) in [6.07, 6.45) is 0.295. The molecule has 1 aromatic rings. The molecular formula is C16H24N2O3. The number of benzene rings is 1. The van der Waals surface area contributed by atoms with E-state index >= 15 is 0 Å². The number of anilines is 2. The molecule has 5 nitrogen and oxygen atoms in total. The highest BCUT2D eigenvalue weighted by atomic mass is 16.6. The number of rotatable bonds is 4. The van der Waals surface area contributed by atoms with Crippen LogP contribution < -0.4 is 10.6 Å². The molecular weight excluding hydrogens is 268 g/mol. The molecule has 0 bridgehead atoms. The zero-order chi connectivity index (χ0) is 16.0. The average Bonchev–Trinajstić information content (AvgIpc) is 2.37. The van der Waals surface area contributed by atoms with Crippen LogP contribution in [-0.2, 0) is 9.53 Å². The zero-order valence-corrected chi connectivity index (χ0v) is 13.3. The lowest BCUT2D eigenvalue weighted by Gasteiger charge is -2.19. The van der Waals surface area contributed by atoms with Crippen molar-refractivity contribution in [2.75, 3.05) is 10.6 Å². The predicted molar refractivity (Wildman–Crippen MR) is 84.4 cm³/mol. The first-order valence-corrected chi connectivity index (χ1v) is 7.12. The van der Waals surface area contributed by atoms with Gasteiger partial charge in [0.25, 0.3) is 0 Å². The molecule has 0 aliphatic rings. The second-order valence-corrected chi connectivity index (χ2v) is 6.00. The molecule has 2 N–H and O–H groups in total. The Morgan fingerprint density at radius 1 is 1.10 bits per heavy atom. The number of nitrogens with one attached hydrogen (secondary N) is 2. The van der Waals surface area contributed by atoms with E-state index in [0.717, 1.165) is 6.42 Å². The molecule has 0 fully saturated rings. The molecule has 1 atom stereocenters. The molecule has 1 rings (SSSR count). The molecule has 0 aliphatic heterocycles. The Balaban J connectivity index is 2.58. The molecule has 0 spiro atoms. The van der Waals surface area contributed by atoms with E-state index in [-0.39, 0.29) is 11.8 Å². The Morgan fingerprint density at radius 3 is 2.00 bits per heavy atom. The summed E-state index contributed by atoms with van der Waals surface area (Å²) in [6, 6.07) is 6.92. The zero-order valence-electron chi connectivity index (χ0n) is 13.3. The van der Waals surface area contributed by atoms with E-state index in [0.29, 0.717) is 11.4 Å². The van der Waals surface area contributed by atoms with Crippen LogP contribution in [0.4, 0.5) is 16.2 Å². The highest BCUT2D eigenvalue weighted by molar-refractivity contribution is 5.92. The SMILES string of the molecule is CCC(C)C(=O)Nc1ccc(NC(=O)OC(C)(C)C)cc1. The Kier molecular flexibility index (Phi) is 5.76. The first kappa shape index (κ1) is 17.0. The van der Waals surface area contributed by atoms with Gasteiger partial charge in [-0.1, -0.05) is 13.8 Å². The molecule has 2 amide bonds. The van der Waals surface area contributed by atoms with E-state index in [9.17, 15) is 9.59 Å². The molecule has 0 saturated heterocycles. The molecule has 1 unspecified atom stereocenters. The van der Waals surface area contributed by atoms with E-state index in [1.165, 1.54) is 0 Å². The second-order valence-electron chi connectivity index (χ2n) is 6.00. The summed E-state index contributed by atoms with van der Waals surface area (Å²) in [4.78, 5) is 23.4. The van der Waals surface area contributed by atoms with Crippen molar-refractivity contribution in [2.45, 2.75) is 46.6 Å². The van der Waals surface area contributed by atoms with Crippen molar-refractivity contribution in [3.05, 3.63) is 24.3 Å². The number of carbonyl (C=O) groups is 2. The van der Waals surface area contributed by atoms with Gasteiger partial charge in [0.15, 0.2) is 0 Å². The van der Waals surface area contributed by atoms with Crippen LogP contribution in [0.2, 0.25) is 0 Å². The molecule has 1 aromatic carbocycles. The van der Waals surface area contributed by atoms with Crippen LogP contribution in [-0.4, -0.2) is 17.6 Å². The number of carbonyl (C=O) groups excluding carboxylic acids is 2. The summed E-state index contributed by atoms with van der Waals surface area (Å²) in [5, 5.41) is 5.47. The van der Waals surface area contributed by atoms with Gasteiger partial charge < -0.3 is 10.1 Å². The summed E-state index contributed by atoms with van der Waals surface area (Å²) in [5.74, 6) is -0.0325. The van der Waals surface area contributed by atoms with Gasteiger partial charge in [0, 0.05) is 17.3 Å². The monoisotopic (exact) mass is 292 g/mol. The lowest BCUT2D eigenvalue weighted by Crippen LogP contribution is -2.27. The largest absolute Gasteiger partial charge is 0.444 e. The van der Waals surface area contributed by atoms with Crippen molar-refractivity contribution in [1.29, 1.82) is 0 Å². The van der Waals surface area contributed by atoms with Crippen molar-refractivity contribution in [2.24, 2.45) is 5.92 Å². The molecule has 0 aliphatic carbocycles. The molecule has 116 valence electrons. The van der Waals surface area contributed by atoms with Crippen LogP contribution in [0.3, 0.4) is 0 Å². The van der Waals surface area contributed by atoms with E-state index in [1.54, 1.807) is 45.0 Å². The van der Waals surface area contributed by atoms with Gasteiger partial charge in [-0.3, -0.25) is 10.1 Å². The summed E-state index contributed by atoms with van der Waals surface area (Å²) < 4.78 is 5.16. The van der Waals surface area contributed by atoms with Crippen molar-refractivity contribution in [1.82, 2.24) is 0 Å². The van der Waals surface area contributed by atoms with Gasteiger partial charge in [-0.15, -0.1) is 0 Å². The van der Waals surface area contributed by atoms with Gasteiger partial charge in [0.2, 0.25) is 5.91 Å². The maximum Gasteiger partial charge on any atom is 0.412 e. The van der Waals surface area contributed by atoms with Crippen LogP contribution in [0.5, 0.6) is 0 Å². The predicted octanol–water partition coefficient (Wildman–Crippen LogP) is 4.02. The maximum atomic E-state index is 11.8. The lowest BCUT2D eigenvalue weighted by atomic mass is 10.1. The second kappa shape index (κ2) is 7.11. The molecule has 0 saturated carbocycles. The molecule has 0 radical (unpaired) electrons. The first-order valence-electron chi connectivity index (χ1n) is 7.12. The van der Waals surface area contributed by atoms with Crippen LogP contribution in [0.1, 0.15) is 41.0 Å². The van der Waals surface area contributed by atoms with Gasteiger partial charge >= 0.3 is 6.09 Å². The Bertz CT molecular complexity index is 489. The Hall–Kier alpha value is -2.04. The molecule has 5 heteroatoms. The number of amides is 2. The average molecular weight is 292 g/mol. The van der Waals surface area contributed by atoms with Gasteiger partial charge in [-0.2, -0.15) is 0 Å². The summed E-state index contributed by atoms with van der Waals surface area (Å²) in [5.41, 5.74) is 0.787. The fraction of sp³-hybridized carbons (Fsp3) is 0.500. The van der Waals surface area contributed by atoms with Gasteiger partial charge in [-0.25, -0.2) is 4.79 Å². The van der Waals surface area contributed by atoms with Crippen LogP contribution >= 0.6 is 0 Å². The highest BCUT2D eigenvalue weighted by Crippen LogP contribution is 2.16. The van der Waals surface area contributed by atoms with Crippen molar-refractivity contribution < 1.29 is 14.3 Å². The van der Waals surface area contributed by atoms with Gasteiger partial charge in [0.05, 0.1) is 0 Å². The Morgan fingerprint density at radius 2 is 1.57 bits per heavy atom. The summed E-state index contributed by atoms with van der Waals surface area (Å²) >= 11 is 0. The van der Waals surface area contributed by atoms with Crippen LogP contribution in [0.25, 0.3) is 0 Å². The van der Waals surface area contributed by atoms with Crippen molar-refractivity contribution in [3.8, 4) is 0 Å². The van der Waals surface area contributed by atoms with E-state index < -0.39 is 11.7 Å². The minimum absolute atomic E-state index is 0.00893. The third-order valence-corrected chi connectivity index (χ3v) is 2.86. The first-order chi connectivity index (χ1) is 9.71. The van der Waals surface area contributed by atoms with E-state index in [4.69, 9.17) is 4.74 Å². The molecule has 0 heterocycles. The fourth-order valence-corrected chi connectivity index (χ4v) is 1.51. The smallest absolute Gasteiger partial charge is 0.412 e. The third kappa shape index (κ3) is 6.29. The quantitative estimate of drug-likeness (QED) is 0.880. The number of ether oxygens (including phenoxy) is 1. The van der Waals surface area contributed by atoms with Gasteiger partial charge in [-0.05, 0) is 51.5 Å². The molecule has 0 aromatic heterocycles. The van der Waals surface area contributed by atoms with Crippen LogP contribution in [0, 0.1) is 5.92 Å². The fourth-order valence-electron chi connectivity index (χ4n) is 1.51. The number of hydrogen-bond acceptors (Lipinski definition) is 3. The number of hydrogen-bond donors (Lipinski definition) is 2. The van der Waals surface area contributed by atoms with Gasteiger partial charge in [0.1, 0.15) is 5.60 Å². The van der Waals surface area contributed by atoms with E-state index in [2.05, 4.69) is 10.6 Å². The Labute approximate surface area is 126 Å². The summed E-state index contributed by atoms with van der Waals surface area (Å²) in [7, 11) is 0. The normalized spacial score (nSPS) is 12.4.